The number of carbonyl (C=O) groups is 1. The van der Waals surface area contributed by atoms with E-state index in [-0.39, 0.29) is 40.8 Å². The highest BCUT2D eigenvalue weighted by Crippen LogP contribution is 2.44. The number of anilines is 2. The number of fused-ring (bicyclic) bond motifs is 2. The minimum Gasteiger partial charge on any atom is -0.489 e. The third kappa shape index (κ3) is 9.40. The van der Waals surface area contributed by atoms with Crippen molar-refractivity contribution in [2.24, 2.45) is 5.41 Å². The van der Waals surface area contributed by atoms with Crippen LogP contribution >= 0.6 is 11.6 Å². The molecule has 0 saturated carbocycles. The molecule has 1 atom stereocenters. The van der Waals surface area contributed by atoms with Gasteiger partial charge in [0.2, 0.25) is 0 Å². The number of H-pyrrole nitrogens is 1. The Balaban J connectivity index is 0.936. The van der Waals surface area contributed by atoms with E-state index in [0.29, 0.717) is 44.1 Å². The number of nitro benzene ring substituents is 1. The lowest BCUT2D eigenvalue weighted by molar-refractivity contribution is -0.384. The number of aliphatic hydroxyl groups is 1. The average molecular weight is 911 g/mol. The number of likely N-dealkylation sites (tertiary alicyclic amines) is 1. The van der Waals surface area contributed by atoms with Crippen molar-refractivity contribution in [1.29, 1.82) is 0 Å². The van der Waals surface area contributed by atoms with Gasteiger partial charge in [0.15, 0.2) is 11.4 Å². The molecule has 2 fully saturated rings. The van der Waals surface area contributed by atoms with Crippen LogP contribution in [-0.2, 0) is 10.0 Å². The molecule has 2 saturated heterocycles. The number of hydrogen-bond acceptors (Lipinski definition) is 13. The molecule has 0 radical (unpaired) electrons. The summed E-state index contributed by atoms with van der Waals surface area (Å²) in [6.07, 6.45) is 6.43. The van der Waals surface area contributed by atoms with Gasteiger partial charge in [0.25, 0.3) is 21.6 Å². The van der Waals surface area contributed by atoms with E-state index < -0.39 is 37.0 Å². The van der Waals surface area contributed by atoms with Crippen LogP contribution in [0.3, 0.4) is 0 Å². The first-order valence-electron chi connectivity index (χ1n) is 21.4. The number of rotatable bonds is 12. The van der Waals surface area contributed by atoms with Crippen molar-refractivity contribution in [3.05, 3.63) is 111 Å². The monoisotopic (exact) mass is 910 g/mol. The molecule has 1 amide bonds. The molecule has 18 heteroatoms. The SMILES string of the molecule is CC1(C)CCC(CN2CCN(c3ccc(C(=O)NS(=O)(=O)c4cc5c(c([N+](=O)[O-])c4)N[C@H](CN4CC(C)(O)C4)CO5)c(Oc4cnc5[nH]ccc5c4)c3)CC2)=C(c2ccc(Cl)cc2)C1. The number of allylic oxidation sites excluding steroid dienone is 1. The smallest absolute Gasteiger partial charge is 0.297 e. The van der Waals surface area contributed by atoms with Gasteiger partial charge in [0, 0.05) is 92.9 Å². The Morgan fingerprint density at radius 3 is 2.55 bits per heavy atom. The summed E-state index contributed by atoms with van der Waals surface area (Å²) in [5.41, 5.74) is 4.40. The number of pyridine rings is 1. The number of piperazine rings is 1. The highest BCUT2D eigenvalue weighted by molar-refractivity contribution is 7.90. The molecule has 336 valence electrons. The topological polar surface area (TPSA) is 195 Å². The number of sulfonamides is 1. The lowest BCUT2D eigenvalue weighted by Crippen LogP contribution is -2.62. The van der Waals surface area contributed by atoms with Crippen molar-refractivity contribution in [1.82, 2.24) is 24.5 Å². The van der Waals surface area contributed by atoms with Crippen LogP contribution in [0.5, 0.6) is 17.2 Å². The summed E-state index contributed by atoms with van der Waals surface area (Å²) in [5, 5.41) is 27.0. The van der Waals surface area contributed by atoms with Crippen LogP contribution < -0.4 is 24.4 Å². The molecular weight excluding hydrogens is 860 g/mol. The Kier molecular flexibility index (Phi) is 11.6. The van der Waals surface area contributed by atoms with Crippen LogP contribution in [0.25, 0.3) is 16.6 Å². The number of hydrogen-bond donors (Lipinski definition) is 4. The fourth-order valence-corrected chi connectivity index (χ4v) is 10.4. The van der Waals surface area contributed by atoms with E-state index in [0.717, 1.165) is 67.1 Å². The van der Waals surface area contributed by atoms with Crippen molar-refractivity contribution >= 4 is 61.2 Å². The minimum absolute atomic E-state index is 0.0311. The molecule has 2 aromatic heterocycles. The standard InChI is InChI=1S/C46H51ClN8O8S/c1-45(2)12-10-31(38(22-45)29-4-6-32(47)7-5-29)24-52-14-16-54(17-15-52)34-8-9-37(40(19-34)63-35-18-30-11-13-48-43(30)49-23-35)44(56)51-64(60,61)36-20-39(55(58)59)42-41(21-36)62-26-33(50-42)25-53-27-46(3,57)28-53/h4-9,11,13,18-21,23,33,50,57H,10,12,14-17,22,24-28H2,1-3H3,(H,48,49)(H,51,56)/t33-/m1/s1. The maximum absolute atomic E-state index is 14.0. The fourth-order valence-electron chi connectivity index (χ4n) is 9.24. The molecule has 64 heavy (non-hydrogen) atoms. The molecule has 0 unspecified atom stereocenters. The molecule has 0 spiro atoms. The number of aromatic amines is 1. The van der Waals surface area contributed by atoms with Gasteiger partial charge in [-0.05, 0) is 79.1 Å². The Hall–Kier alpha value is -5.72. The number of β-amino-alcohol motifs (C(OH)–C–C–N with tert-alkyl or cyclic N) is 1. The molecule has 4 aliphatic rings. The van der Waals surface area contributed by atoms with Gasteiger partial charge in [-0.1, -0.05) is 43.2 Å². The zero-order valence-corrected chi connectivity index (χ0v) is 37.5. The van der Waals surface area contributed by atoms with E-state index in [1.807, 2.05) is 23.1 Å². The van der Waals surface area contributed by atoms with E-state index in [1.54, 1.807) is 31.3 Å². The number of halogens is 1. The Morgan fingerprint density at radius 2 is 1.81 bits per heavy atom. The molecule has 5 aromatic rings. The van der Waals surface area contributed by atoms with Crippen molar-refractivity contribution in [2.75, 3.05) is 69.2 Å². The quantitative estimate of drug-likeness (QED) is 0.0735. The number of nitrogens with one attached hydrogen (secondary N) is 3. The molecule has 0 bridgehead atoms. The van der Waals surface area contributed by atoms with Crippen molar-refractivity contribution in [2.45, 2.75) is 56.6 Å². The minimum atomic E-state index is -4.67. The normalized spacial score (nSPS) is 19.9. The largest absolute Gasteiger partial charge is 0.489 e. The maximum Gasteiger partial charge on any atom is 0.297 e. The van der Waals surface area contributed by atoms with E-state index in [9.17, 15) is 28.4 Å². The van der Waals surface area contributed by atoms with E-state index in [4.69, 9.17) is 21.1 Å². The third-order valence-electron chi connectivity index (χ3n) is 12.5. The van der Waals surface area contributed by atoms with E-state index in [1.165, 1.54) is 29.0 Å². The average Bonchev–Trinajstić information content (AvgIpc) is 3.72. The number of ether oxygens (including phenoxy) is 2. The zero-order valence-electron chi connectivity index (χ0n) is 35.9. The maximum atomic E-state index is 14.0. The molecule has 5 heterocycles. The highest BCUT2D eigenvalue weighted by Gasteiger charge is 2.39. The predicted octanol–water partition coefficient (Wildman–Crippen LogP) is 7.06. The van der Waals surface area contributed by atoms with Crippen molar-refractivity contribution < 1.29 is 32.7 Å². The number of nitrogens with zero attached hydrogens (tertiary/aromatic N) is 5. The summed E-state index contributed by atoms with van der Waals surface area (Å²) in [6, 6.07) is 18.5. The molecule has 3 aromatic carbocycles. The van der Waals surface area contributed by atoms with Gasteiger partial charge in [0.05, 0.1) is 33.2 Å². The first kappa shape index (κ1) is 43.5. The molecule has 4 N–H and O–H groups in total. The first-order valence-corrected chi connectivity index (χ1v) is 23.3. The molecule has 3 aliphatic heterocycles. The van der Waals surface area contributed by atoms with Crippen LogP contribution in [-0.4, -0.2) is 115 Å². The molecule has 1 aliphatic carbocycles. The third-order valence-corrected chi connectivity index (χ3v) is 14.1. The second-order valence-electron chi connectivity index (χ2n) is 18.4. The van der Waals surface area contributed by atoms with Crippen LogP contribution in [0, 0.1) is 15.5 Å². The first-order chi connectivity index (χ1) is 30.5. The van der Waals surface area contributed by atoms with Crippen LogP contribution in [0.15, 0.2) is 89.6 Å². The lowest BCUT2D eigenvalue weighted by Gasteiger charge is -2.46. The number of carbonyl (C=O) groups excluding carboxylic acids is 1. The van der Waals surface area contributed by atoms with Gasteiger partial charge >= 0.3 is 0 Å². The summed E-state index contributed by atoms with van der Waals surface area (Å²) in [6.45, 7) is 11.8. The summed E-state index contributed by atoms with van der Waals surface area (Å²) in [4.78, 5) is 39.2. The van der Waals surface area contributed by atoms with Gasteiger partial charge in [-0.3, -0.25) is 24.7 Å². The Morgan fingerprint density at radius 1 is 1.05 bits per heavy atom. The van der Waals surface area contributed by atoms with Crippen LogP contribution in [0.1, 0.15) is 56.0 Å². The second kappa shape index (κ2) is 17.0. The number of nitro groups is 1. The lowest BCUT2D eigenvalue weighted by atomic mass is 9.72. The van der Waals surface area contributed by atoms with Crippen LogP contribution in [0.4, 0.5) is 17.1 Å². The Bertz CT molecular complexity index is 2760. The van der Waals surface area contributed by atoms with Crippen LogP contribution in [0.2, 0.25) is 5.02 Å². The second-order valence-corrected chi connectivity index (χ2v) is 20.5. The van der Waals surface area contributed by atoms with Crippen molar-refractivity contribution in [3.63, 3.8) is 0 Å². The van der Waals surface area contributed by atoms with Gasteiger partial charge < -0.3 is 29.8 Å². The zero-order chi connectivity index (χ0) is 45.0. The number of benzene rings is 3. The summed E-state index contributed by atoms with van der Waals surface area (Å²) < 4.78 is 42.1. The molecular formula is C46H51ClN8O8S. The number of aromatic nitrogens is 2. The molecule has 16 nitrogen and oxygen atoms in total. The van der Waals surface area contributed by atoms with Gasteiger partial charge in [-0.2, -0.15) is 0 Å². The van der Waals surface area contributed by atoms with E-state index in [2.05, 4.69) is 55.8 Å². The summed E-state index contributed by atoms with van der Waals surface area (Å²) in [5.74, 6) is -0.589. The van der Waals surface area contributed by atoms with Crippen molar-refractivity contribution in [3.8, 4) is 17.2 Å². The van der Waals surface area contributed by atoms with Gasteiger partial charge in [-0.25, -0.2) is 18.1 Å². The van der Waals surface area contributed by atoms with Gasteiger partial charge in [-0.15, -0.1) is 0 Å². The molecule has 9 rings (SSSR count). The summed E-state index contributed by atoms with van der Waals surface area (Å²) >= 11 is 6.24. The van der Waals surface area contributed by atoms with E-state index >= 15 is 0 Å². The van der Waals surface area contributed by atoms with Gasteiger partial charge in [0.1, 0.15) is 23.8 Å². The summed E-state index contributed by atoms with van der Waals surface area (Å²) in [7, 11) is -4.67. The highest BCUT2D eigenvalue weighted by atomic mass is 35.5. The fraction of sp³-hybridized carbons (Fsp3) is 0.391. The Labute approximate surface area is 376 Å². The number of amides is 1. The predicted molar refractivity (Wildman–Crippen MR) is 245 cm³/mol.